The average Bonchev–Trinajstić information content (AvgIpc) is 3.28. The van der Waals surface area contributed by atoms with Crippen LogP contribution in [0.5, 0.6) is 0 Å². The number of hydrogen-bond donors (Lipinski definition) is 3. The maximum absolute atomic E-state index is 12.9. The molecule has 0 unspecified atom stereocenters. The van der Waals surface area contributed by atoms with Crippen LogP contribution < -0.4 is 10.6 Å². The lowest BCUT2D eigenvalue weighted by Crippen LogP contribution is -2.20. The van der Waals surface area contributed by atoms with E-state index >= 15 is 0 Å². The van der Waals surface area contributed by atoms with Crippen LogP contribution in [-0.4, -0.2) is 27.9 Å². The Morgan fingerprint density at radius 2 is 1.62 bits per heavy atom. The van der Waals surface area contributed by atoms with Crippen molar-refractivity contribution < 1.29 is 9.59 Å². The van der Waals surface area contributed by atoms with Crippen molar-refractivity contribution in [1.29, 1.82) is 0 Å². The van der Waals surface area contributed by atoms with Crippen molar-refractivity contribution in [2.45, 2.75) is 13.1 Å². The van der Waals surface area contributed by atoms with E-state index < -0.39 is 0 Å². The maximum atomic E-state index is 12.9. The van der Waals surface area contributed by atoms with Gasteiger partial charge in [0, 0.05) is 46.7 Å². The van der Waals surface area contributed by atoms with Gasteiger partial charge in [-0.25, -0.2) is 0 Å². The van der Waals surface area contributed by atoms with Gasteiger partial charge in [-0.3, -0.25) is 14.9 Å². The fraction of sp³-hybridized carbons (Fsp3) is 0.130. The summed E-state index contributed by atoms with van der Waals surface area (Å²) in [4.78, 5) is 29.4. The Hall–Kier alpha value is -3.64. The van der Waals surface area contributed by atoms with E-state index in [2.05, 4.69) is 32.3 Å². The van der Waals surface area contributed by atoms with Crippen molar-refractivity contribution in [2.24, 2.45) is 0 Å². The highest BCUT2D eigenvalue weighted by atomic mass is 16.2. The van der Waals surface area contributed by atoms with Gasteiger partial charge < -0.3 is 14.9 Å². The van der Waals surface area contributed by atoms with Crippen LogP contribution in [0.1, 0.15) is 26.3 Å². The number of fused-ring (bicyclic) bond motifs is 10. The van der Waals surface area contributed by atoms with Gasteiger partial charge in [-0.05, 0) is 11.6 Å². The number of H-pyrrole nitrogens is 1. The summed E-state index contributed by atoms with van der Waals surface area (Å²) in [6, 6.07) is 14.2. The Morgan fingerprint density at radius 3 is 2.52 bits per heavy atom. The molecule has 6 heteroatoms. The van der Waals surface area contributed by atoms with Crippen molar-refractivity contribution in [1.82, 2.24) is 20.2 Å². The Bertz CT molecular complexity index is 1570. The molecule has 2 aliphatic rings. The molecule has 3 N–H and O–H groups in total. The number of aromatic nitrogens is 2. The third-order valence-corrected chi connectivity index (χ3v) is 6.37. The first-order valence-corrected chi connectivity index (χ1v) is 9.80. The molecule has 5 aromatic rings. The molecule has 0 radical (unpaired) electrons. The van der Waals surface area contributed by atoms with Crippen LogP contribution in [0.15, 0.2) is 42.5 Å². The van der Waals surface area contributed by atoms with E-state index in [-0.39, 0.29) is 11.8 Å². The standard InChI is InChI=1S/C23H16N4O2/c28-22-17-15-12-5-1-2-7-14(12)25-19(15)21-16(18(17)23(29)26-22)13-6-3-4-11-10-24-8-9-27(21)20(11)13/h1-7,24-25H,8-10H2,(H,26,28,29). The molecule has 29 heavy (non-hydrogen) atoms. The number of nitrogens with one attached hydrogen (secondary N) is 3. The summed E-state index contributed by atoms with van der Waals surface area (Å²) < 4.78 is 2.31. The molecular formula is C23H16N4O2. The van der Waals surface area contributed by atoms with Crippen molar-refractivity contribution in [3.05, 3.63) is 59.2 Å². The third kappa shape index (κ3) is 1.71. The maximum Gasteiger partial charge on any atom is 0.259 e. The van der Waals surface area contributed by atoms with E-state index in [9.17, 15) is 9.59 Å². The van der Waals surface area contributed by atoms with Crippen LogP contribution in [0.4, 0.5) is 0 Å². The zero-order valence-electron chi connectivity index (χ0n) is 15.4. The first-order chi connectivity index (χ1) is 14.2. The molecule has 0 atom stereocenters. The zero-order chi connectivity index (χ0) is 19.3. The monoisotopic (exact) mass is 380 g/mol. The first kappa shape index (κ1) is 15.3. The van der Waals surface area contributed by atoms with Crippen molar-refractivity contribution >= 4 is 55.4 Å². The topological polar surface area (TPSA) is 78.9 Å². The van der Waals surface area contributed by atoms with E-state index in [0.717, 1.165) is 63.2 Å². The smallest absolute Gasteiger partial charge is 0.259 e. The summed E-state index contributed by atoms with van der Waals surface area (Å²) in [5.74, 6) is -0.616. The highest BCUT2D eigenvalue weighted by Crippen LogP contribution is 2.44. The Morgan fingerprint density at radius 1 is 0.828 bits per heavy atom. The molecule has 0 fully saturated rings. The molecule has 6 nitrogen and oxygen atoms in total. The second-order valence-electron chi connectivity index (χ2n) is 7.82. The lowest BCUT2D eigenvalue weighted by molar-refractivity contribution is 0.0880. The molecule has 2 aromatic heterocycles. The van der Waals surface area contributed by atoms with Gasteiger partial charge >= 0.3 is 0 Å². The summed E-state index contributed by atoms with van der Waals surface area (Å²) >= 11 is 0. The number of imide groups is 1. The van der Waals surface area contributed by atoms with Gasteiger partial charge in [-0.2, -0.15) is 0 Å². The first-order valence-electron chi connectivity index (χ1n) is 9.80. The number of hydrogen-bond acceptors (Lipinski definition) is 3. The number of aromatic amines is 1. The van der Waals surface area contributed by atoms with E-state index in [1.807, 2.05) is 30.3 Å². The summed E-state index contributed by atoms with van der Waals surface area (Å²) in [6.45, 7) is 2.43. The molecule has 2 aliphatic heterocycles. The number of amides is 2. The SMILES string of the molecule is O=C1NC(=O)c2c1c1c3ccccc3[nH]c1c1c2c2cccc3c2n1CCNC3. The van der Waals surface area contributed by atoms with Crippen molar-refractivity contribution in [2.75, 3.05) is 6.54 Å². The van der Waals surface area contributed by atoms with Crippen LogP contribution in [0.2, 0.25) is 0 Å². The van der Waals surface area contributed by atoms with Crippen molar-refractivity contribution in [3.8, 4) is 0 Å². The molecule has 3 aromatic carbocycles. The van der Waals surface area contributed by atoms with Gasteiger partial charge in [0.25, 0.3) is 11.8 Å². The van der Waals surface area contributed by atoms with Crippen molar-refractivity contribution in [3.63, 3.8) is 0 Å². The normalized spacial score (nSPS) is 16.1. The van der Waals surface area contributed by atoms with Crippen LogP contribution in [0.3, 0.4) is 0 Å². The minimum atomic E-state index is -0.313. The van der Waals surface area contributed by atoms with E-state index in [0.29, 0.717) is 11.1 Å². The highest BCUT2D eigenvalue weighted by molar-refractivity contribution is 6.39. The molecule has 140 valence electrons. The summed E-state index contributed by atoms with van der Waals surface area (Å²) in [5, 5.41) is 9.74. The minimum absolute atomic E-state index is 0.304. The number of benzene rings is 3. The van der Waals surface area contributed by atoms with Gasteiger partial charge in [-0.15, -0.1) is 0 Å². The predicted molar refractivity (Wildman–Crippen MR) is 112 cm³/mol. The molecule has 7 rings (SSSR count). The molecular weight excluding hydrogens is 364 g/mol. The second kappa shape index (κ2) is 5.04. The quantitative estimate of drug-likeness (QED) is 0.360. The van der Waals surface area contributed by atoms with Crippen LogP contribution in [0, 0.1) is 0 Å². The molecule has 0 spiro atoms. The summed E-state index contributed by atoms with van der Waals surface area (Å²) in [7, 11) is 0. The van der Waals surface area contributed by atoms with Gasteiger partial charge in [-0.1, -0.05) is 36.4 Å². The summed E-state index contributed by atoms with van der Waals surface area (Å²) in [5.41, 5.74) is 6.26. The largest absolute Gasteiger partial charge is 0.353 e. The lowest BCUT2D eigenvalue weighted by Gasteiger charge is -2.08. The number of carbonyl (C=O) groups is 2. The van der Waals surface area contributed by atoms with Crippen LogP contribution >= 0.6 is 0 Å². The molecule has 0 bridgehead atoms. The van der Waals surface area contributed by atoms with Crippen LogP contribution in [-0.2, 0) is 13.1 Å². The van der Waals surface area contributed by atoms with Crippen LogP contribution in [0.25, 0.3) is 43.6 Å². The number of para-hydroxylation sites is 2. The van der Waals surface area contributed by atoms with E-state index in [4.69, 9.17) is 0 Å². The fourth-order valence-corrected chi connectivity index (χ4v) is 5.29. The summed E-state index contributed by atoms with van der Waals surface area (Å²) in [6.07, 6.45) is 0. The second-order valence-corrected chi connectivity index (χ2v) is 7.82. The van der Waals surface area contributed by atoms with E-state index in [1.165, 1.54) is 5.56 Å². The third-order valence-electron chi connectivity index (χ3n) is 6.37. The molecule has 0 saturated heterocycles. The lowest BCUT2D eigenvalue weighted by atomic mass is 9.96. The number of carbonyl (C=O) groups excluding carboxylic acids is 2. The molecule has 2 amide bonds. The minimum Gasteiger partial charge on any atom is -0.353 e. The zero-order valence-corrected chi connectivity index (χ0v) is 15.4. The van der Waals surface area contributed by atoms with Gasteiger partial charge in [0.1, 0.15) is 0 Å². The number of rotatable bonds is 0. The molecule has 0 aliphatic carbocycles. The predicted octanol–water partition coefficient (Wildman–Crippen LogP) is 3.42. The highest BCUT2D eigenvalue weighted by Gasteiger charge is 2.36. The molecule has 4 heterocycles. The molecule has 0 saturated carbocycles. The Labute approximate surface area is 164 Å². The van der Waals surface area contributed by atoms with Gasteiger partial charge in [0.15, 0.2) is 0 Å². The fourth-order valence-electron chi connectivity index (χ4n) is 5.29. The average molecular weight is 380 g/mol. The Kier molecular flexibility index (Phi) is 2.66. The van der Waals surface area contributed by atoms with E-state index in [1.54, 1.807) is 0 Å². The Balaban J connectivity index is 1.88. The van der Waals surface area contributed by atoms with Gasteiger partial charge in [0.05, 0.1) is 27.7 Å². The van der Waals surface area contributed by atoms with Gasteiger partial charge in [0.2, 0.25) is 0 Å². The number of nitrogens with zero attached hydrogens (tertiary/aromatic N) is 1.